The van der Waals surface area contributed by atoms with Crippen LogP contribution in [0.2, 0.25) is 0 Å². The van der Waals surface area contributed by atoms with Gasteiger partial charge in [0.25, 0.3) is 0 Å². The van der Waals surface area contributed by atoms with E-state index in [0.717, 1.165) is 35.4 Å². The molecule has 0 bridgehead atoms. The summed E-state index contributed by atoms with van der Waals surface area (Å²) in [7, 11) is 6.82. The first-order chi connectivity index (χ1) is 11.6. The third-order valence-corrected chi connectivity index (χ3v) is 4.40. The predicted octanol–water partition coefficient (Wildman–Crippen LogP) is 3.04. The molecule has 6 nitrogen and oxygen atoms in total. The van der Waals surface area contributed by atoms with Gasteiger partial charge in [-0.15, -0.1) is 0 Å². The van der Waals surface area contributed by atoms with Gasteiger partial charge in [0.1, 0.15) is 12.8 Å². The van der Waals surface area contributed by atoms with Crippen LogP contribution >= 0.6 is 0 Å². The van der Waals surface area contributed by atoms with Crippen molar-refractivity contribution in [1.29, 1.82) is 0 Å². The van der Waals surface area contributed by atoms with Crippen LogP contribution in [0.25, 0.3) is 11.3 Å². The van der Waals surface area contributed by atoms with Crippen molar-refractivity contribution in [2.24, 2.45) is 18.1 Å². The van der Waals surface area contributed by atoms with Crippen molar-refractivity contribution in [3.05, 3.63) is 29.5 Å². The molecule has 1 atom stereocenters. The Labute approximate surface area is 142 Å². The molecule has 24 heavy (non-hydrogen) atoms. The van der Waals surface area contributed by atoms with Crippen LogP contribution in [0.15, 0.2) is 23.4 Å². The molecule has 1 aromatic carbocycles. The number of ether oxygens (including phenoxy) is 2. The summed E-state index contributed by atoms with van der Waals surface area (Å²) in [5.74, 6) is 1.90. The van der Waals surface area contributed by atoms with Crippen LogP contribution in [-0.4, -0.2) is 36.8 Å². The van der Waals surface area contributed by atoms with Crippen LogP contribution in [0, 0.1) is 5.92 Å². The van der Waals surface area contributed by atoms with Crippen molar-refractivity contribution >= 4 is 5.71 Å². The van der Waals surface area contributed by atoms with Gasteiger partial charge in [-0.25, -0.2) is 0 Å². The standard InChI is InChI=1S/C18H23N3O3/c1-11-8-13(20-24-5)17-14(9-11)21(2)19-18(17)12-6-7-15(22-3)16(10-12)23-4/h6-7,10-11H,8-9H2,1-5H3/b20-13-/t11-/m0/s1. The highest BCUT2D eigenvalue weighted by atomic mass is 16.6. The molecule has 0 radical (unpaired) electrons. The normalized spacial score (nSPS) is 18.4. The van der Waals surface area contributed by atoms with Crippen molar-refractivity contribution in [3.8, 4) is 22.8 Å². The minimum atomic E-state index is 0.514. The number of nitrogens with zero attached hydrogens (tertiary/aromatic N) is 3. The lowest BCUT2D eigenvalue weighted by molar-refractivity contribution is 0.212. The third kappa shape index (κ3) is 2.72. The van der Waals surface area contributed by atoms with E-state index in [1.165, 1.54) is 5.69 Å². The summed E-state index contributed by atoms with van der Waals surface area (Å²) >= 11 is 0. The van der Waals surface area contributed by atoms with E-state index in [1.807, 2.05) is 29.9 Å². The first-order valence-corrected chi connectivity index (χ1v) is 7.97. The van der Waals surface area contributed by atoms with Crippen molar-refractivity contribution in [2.45, 2.75) is 19.8 Å². The summed E-state index contributed by atoms with van der Waals surface area (Å²) in [6.45, 7) is 2.22. The molecule has 0 unspecified atom stereocenters. The number of oxime groups is 1. The zero-order valence-electron chi connectivity index (χ0n) is 14.8. The number of methoxy groups -OCH3 is 2. The van der Waals surface area contributed by atoms with E-state index in [0.29, 0.717) is 17.4 Å². The number of benzene rings is 1. The Morgan fingerprint density at radius 1 is 1.12 bits per heavy atom. The van der Waals surface area contributed by atoms with Gasteiger partial charge in [0, 0.05) is 23.9 Å². The fraction of sp³-hybridized carbons (Fsp3) is 0.444. The molecule has 128 valence electrons. The maximum atomic E-state index is 5.43. The highest BCUT2D eigenvalue weighted by Crippen LogP contribution is 2.37. The average Bonchev–Trinajstić information content (AvgIpc) is 2.91. The minimum Gasteiger partial charge on any atom is -0.493 e. The van der Waals surface area contributed by atoms with Crippen molar-refractivity contribution < 1.29 is 14.3 Å². The lowest BCUT2D eigenvalue weighted by Crippen LogP contribution is -2.20. The van der Waals surface area contributed by atoms with Gasteiger partial charge in [-0.3, -0.25) is 4.68 Å². The number of fused-ring (bicyclic) bond motifs is 1. The number of aryl methyl sites for hydroxylation is 1. The smallest absolute Gasteiger partial charge is 0.161 e. The molecule has 1 aromatic heterocycles. The van der Waals surface area contributed by atoms with Crippen molar-refractivity contribution in [3.63, 3.8) is 0 Å². The Hall–Kier alpha value is -2.50. The zero-order chi connectivity index (χ0) is 17.3. The van der Waals surface area contributed by atoms with Gasteiger partial charge >= 0.3 is 0 Å². The van der Waals surface area contributed by atoms with E-state index < -0.39 is 0 Å². The lowest BCUT2D eigenvalue weighted by atomic mass is 9.85. The van der Waals surface area contributed by atoms with Gasteiger partial charge in [-0.05, 0) is 37.0 Å². The van der Waals surface area contributed by atoms with Crippen LogP contribution in [0.5, 0.6) is 11.5 Å². The molecular weight excluding hydrogens is 306 g/mol. The second-order valence-electron chi connectivity index (χ2n) is 6.10. The van der Waals surface area contributed by atoms with E-state index in [-0.39, 0.29) is 0 Å². The van der Waals surface area contributed by atoms with Gasteiger partial charge in [0.2, 0.25) is 0 Å². The largest absolute Gasteiger partial charge is 0.493 e. The Bertz CT molecular complexity index is 780. The molecule has 2 aromatic rings. The first-order valence-electron chi connectivity index (χ1n) is 7.97. The Kier molecular flexibility index (Phi) is 4.46. The second-order valence-corrected chi connectivity index (χ2v) is 6.10. The Balaban J connectivity index is 2.17. The van der Waals surface area contributed by atoms with E-state index in [4.69, 9.17) is 19.4 Å². The molecule has 0 saturated heterocycles. The second kappa shape index (κ2) is 6.55. The van der Waals surface area contributed by atoms with Gasteiger partial charge in [-0.2, -0.15) is 5.10 Å². The third-order valence-electron chi connectivity index (χ3n) is 4.40. The molecule has 1 aliphatic carbocycles. The van der Waals surface area contributed by atoms with Crippen LogP contribution in [0.4, 0.5) is 0 Å². The van der Waals surface area contributed by atoms with E-state index in [1.54, 1.807) is 21.3 Å². The maximum Gasteiger partial charge on any atom is 0.161 e. The Morgan fingerprint density at radius 2 is 1.88 bits per heavy atom. The molecule has 6 heteroatoms. The van der Waals surface area contributed by atoms with E-state index in [2.05, 4.69) is 12.1 Å². The van der Waals surface area contributed by atoms with Gasteiger partial charge in [0.05, 0.1) is 19.9 Å². The number of aromatic nitrogens is 2. The predicted molar refractivity (Wildman–Crippen MR) is 92.8 cm³/mol. The van der Waals surface area contributed by atoms with Crippen LogP contribution in [0.3, 0.4) is 0 Å². The summed E-state index contributed by atoms with van der Waals surface area (Å²) in [6, 6.07) is 5.84. The van der Waals surface area contributed by atoms with Crippen LogP contribution in [-0.2, 0) is 18.3 Å². The highest BCUT2D eigenvalue weighted by Gasteiger charge is 2.29. The summed E-state index contributed by atoms with van der Waals surface area (Å²) in [5.41, 5.74) is 5.09. The monoisotopic (exact) mass is 329 g/mol. The Morgan fingerprint density at radius 3 is 2.54 bits per heavy atom. The molecule has 0 spiro atoms. The molecule has 0 aliphatic heterocycles. The van der Waals surface area contributed by atoms with Crippen molar-refractivity contribution in [2.75, 3.05) is 21.3 Å². The van der Waals surface area contributed by atoms with E-state index in [9.17, 15) is 0 Å². The fourth-order valence-electron chi connectivity index (χ4n) is 3.31. The van der Waals surface area contributed by atoms with Crippen molar-refractivity contribution in [1.82, 2.24) is 9.78 Å². The number of hydrogen-bond donors (Lipinski definition) is 0. The summed E-state index contributed by atoms with van der Waals surface area (Å²) in [5, 5.41) is 9.00. The lowest BCUT2D eigenvalue weighted by Gasteiger charge is -2.21. The molecule has 1 heterocycles. The van der Waals surface area contributed by atoms with Crippen LogP contribution < -0.4 is 9.47 Å². The van der Waals surface area contributed by atoms with E-state index >= 15 is 0 Å². The number of rotatable bonds is 4. The molecule has 3 rings (SSSR count). The summed E-state index contributed by atoms with van der Waals surface area (Å²) in [4.78, 5) is 5.07. The fourth-order valence-corrected chi connectivity index (χ4v) is 3.31. The summed E-state index contributed by atoms with van der Waals surface area (Å²) < 4.78 is 12.7. The zero-order valence-corrected chi connectivity index (χ0v) is 14.8. The topological polar surface area (TPSA) is 57.9 Å². The summed E-state index contributed by atoms with van der Waals surface area (Å²) in [6.07, 6.45) is 1.86. The first kappa shape index (κ1) is 16.4. The molecule has 1 aliphatic rings. The van der Waals surface area contributed by atoms with Gasteiger partial charge in [-0.1, -0.05) is 12.1 Å². The molecular formula is C18H23N3O3. The number of hydrogen-bond acceptors (Lipinski definition) is 5. The van der Waals surface area contributed by atoms with Crippen LogP contribution in [0.1, 0.15) is 24.6 Å². The minimum absolute atomic E-state index is 0.514. The molecule has 0 fully saturated rings. The molecule has 0 saturated carbocycles. The molecule has 0 N–H and O–H groups in total. The van der Waals surface area contributed by atoms with Gasteiger partial charge in [0.15, 0.2) is 11.5 Å². The maximum absolute atomic E-state index is 5.43. The average molecular weight is 329 g/mol. The molecule has 0 amide bonds. The SMILES string of the molecule is CO/N=C1/C[C@H](C)Cc2c1c(-c1ccc(OC)c(OC)c1)nn2C. The quantitative estimate of drug-likeness (QED) is 0.809. The highest BCUT2D eigenvalue weighted by molar-refractivity contribution is 6.07. The van der Waals surface area contributed by atoms with Gasteiger partial charge < -0.3 is 14.3 Å².